The molecule has 0 bridgehead atoms. The number of ketones is 1. The van der Waals surface area contributed by atoms with E-state index in [1.165, 1.54) is 0 Å². The van der Waals surface area contributed by atoms with Crippen molar-refractivity contribution in [3.63, 3.8) is 0 Å². The molecule has 5 heteroatoms. The zero-order valence-electron chi connectivity index (χ0n) is 19.8. The molecular weight excluding hydrogens is 438 g/mol. The number of carbonyl (C=O) groups is 2. The van der Waals surface area contributed by atoms with Crippen molar-refractivity contribution in [1.82, 2.24) is 4.90 Å². The zero-order chi connectivity index (χ0) is 24.4. The van der Waals surface area contributed by atoms with Gasteiger partial charge in [0.25, 0.3) is 5.78 Å². The Labute approximate surface area is 205 Å². The molecule has 3 aromatic carbocycles. The quantitative estimate of drug-likeness (QED) is 0.259. The molecule has 0 aliphatic carbocycles. The molecule has 5 rings (SSSR count). The maximum atomic E-state index is 13.3. The Morgan fingerprint density at radius 2 is 1.40 bits per heavy atom. The number of furan rings is 1. The highest BCUT2D eigenvalue weighted by Crippen LogP contribution is 2.31. The Kier molecular flexibility index (Phi) is 6.10. The van der Waals surface area contributed by atoms with E-state index in [1.807, 2.05) is 86.6 Å². The molecule has 1 fully saturated rings. The van der Waals surface area contributed by atoms with E-state index in [4.69, 9.17) is 9.15 Å². The van der Waals surface area contributed by atoms with Gasteiger partial charge in [-0.2, -0.15) is 0 Å². The van der Waals surface area contributed by atoms with Crippen molar-refractivity contribution in [3.05, 3.63) is 108 Å². The predicted octanol–water partition coefficient (Wildman–Crippen LogP) is 6.00. The van der Waals surface area contributed by atoms with Gasteiger partial charge in [-0.25, -0.2) is 0 Å². The second-order valence-electron chi connectivity index (χ2n) is 9.21. The summed E-state index contributed by atoms with van der Waals surface area (Å²) in [6.07, 6.45) is 0.612. The maximum Gasteiger partial charge on any atom is 0.300 e. The minimum atomic E-state index is -0.880. The molecule has 1 aliphatic heterocycles. The van der Waals surface area contributed by atoms with Crippen LogP contribution in [-0.4, -0.2) is 35.0 Å². The molecule has 1 aliphatic rings. The number of rotatable bonds is 6. The summed E-state index contributed by atoms with van der Waals surface area (Å²) < 4.78 is 11.7. The smallest absolute Gasteiger partial charge is 0.300 e. The number of carbonyl (C=O) groups excluding carboxylic acids is 2. The largest absolute Gasteiger partial charge is 0.452 e. The van der Waals surface area contributed by atoms with Gasteiger partial charge in [0.05, 0.1) is 12.6 Å². The fraction of sp³-hybridized carbons (Fsp3) is 0.200. The SMILES string of the molecule is CC1(C)OC[C@H](Cc2ccccc2)N1C(=O)C(=O)c1ccc(-c2ccc(-c3ccccc3)cc2)o1. The first-order chi connectivity index (χ1) is 16.9. The average molecular weight is 466 g/mol. The Balaban J connectivity index is 1.34. The standard InChI is InChI=1S/C30H27NO4/c1-30(2)31(25(20-34-30)19-21-9-5-3-6-10-21)29(33)28(32)27-18-17-26(35-27)24-15-13-23(14-16-24)22-11-7-4-8-12-22/h3-18,25H,19-20H2,1-2H3/t25-/m0/s1. The van der Waals surface area contributed by atoms with Crippen LogP contribution in [0.1, 0.15) is 30.0 Å². The van der Waals surface area contributed by atoms with Crippen molar-refractivity contribution in [1.29, 1.82) is 0 Å². The molecule has 0 spiro atoms. The van der Waals surface area contributed by atoms with Crippen LogP contribution in [0.15, 0.2) is 101 Å². The first-order valence-electron chi connectivity index (χ1n) is 11.7. The molecule has 4 aromatic rings. The van der Waals surface area contributed by atoms with Gasteiger partial charge in [0.2, 0.25) is 0 Å². The summed E-state index contributed by atoms with van der Waals surface area (Å²) in [4.78, 5) is 28.1. The molecule has 5 nitrogen and oxygen atoms in total. The third-order valence-corrected chi connectivity index (χ3v) is 6.41. The van der Waals surface area contributed by atoms with Crippen LogP contribution in [0.3, 0.4) is 0 Å². The normalized spacial score (nSPS) is 16.9. The fourth-order valence-corrected chi connectivity index (χ4v) is 4.62. The van der Waals surface area contributed by atoms with Crippen LogP contribution in [-0.2, 0) is 16.0 Å². The lowest BCUT2D eigenvalue weighted by molar-refractivity contribution is -0.141. The van der Waals surface area contributed by atoms with E-state index >= 15 is 0 Å². The van der Waals surface area contributed by atoms with Gasteiger partial charge in [0, 0.05) is 5.56 Å². The zero-order valence-corrected chi connectivity index (χ0v) is 19.8. The van der Waals surface area contributed by atoms with Gasteiger partial charge >= 0.3 is 5.91 Å². The van der Waals surface area contributed by atoms with Gasteiger partial charge in [-0.1, -0.05) is 84.9 Å². The number of hydrogen-bond donors (Lipinski definition) is 0. The van der Waals surface area contributed by atoms with Crippen LogP contribution in [0.4, 0.5) is 0 Å². The first-order valence-corrected chi connectivity index (χ1v) is 11.7. The van der Waals surface area contributed by atoms with Crippen LogP contribution in [0.5, 0.6) is 0 Å². The van der Waals surface area contributed by atoms with E-state index in [9.17, 15) is 9.59 Å². The van der Waals surface area contributed by atoms with Crippen molar-refractivity contribution in [2.75, 3.05) is 6.61 Å². The van der Waals surface area contributed by atoms with Crippen LogP contribution in [0, 0.1) is 0 Å². The highest BCUT2D eigenvalue weighted by atomic mass is 16.5. The molecule has 0 unspecified atom stereocenters. The average Bonchev–Trinajstić information content (AvgIpc) is 3.49. The first kappa shape index (κ1) is 22.8. The van der Waals surface area contributed by atoms with Crippen LogP contribution in [0.2, 0.25) is 0 Å². The molecule has 0 saturated carbocycles. The summed E-state index contributed by atoms with van der Waals surface area (Å²) in [6, 6.07) is 31.0. The third-order valence-electron chi connectivity index (χ3n) is 6.41. The maximum absolute atomic E-state index is 13.3. The van der Waals surface area contributed by atoms with Gasteiger partial charge in [-0.05, 0) is 49.1 Å². The summed E-state index contributed by atoms with van der Waals surface area (Å²) in [5.74, 6) is -0.723. The number of benzene rings is 3. The molecule has 1 aromatic heterocycles. The monoisotopic (exact) mass is 465 g/mol. The molecule has 0 radical (unpaired) electrons. The van der Waals surface area contributed by atoms with E-state index in [1.54, 1.807) is 17.0 Å². The Morgan fingerprint density at radius 1 is 0.800 bits per heavy atom. The minimum Gasteiger partial charge on any atom is -0.452 e. The van der Waals surface area contributed by atoms with Gasteiger partial charge in [-0.3, -0.25) is 9.59 Å². The van der Waals surface area contributed by atoms with Crippen molar-refractivity contribution in [2.24, 2.45) is 0 Å². The second kappa shape index (κ2) is 9.35. The van der Waals surface area contributed by atoms with Crippen molar-refractivity contribution in [2.45, 2.75) is 32.0 Å². The van der Waals surface area contributed by atoms with Crippen molar-refractivity contribution in [3.8, 4) is 22.5 Å². The molecule has 2 heterocycles. The van der Waals surface area contributed by atoms with E-state index in [-0.39, 0.29) is 11.8 Å². The second-order valence-corrected chi connectivity index (χ2v) is 9.21. The highest BCUT2D eigenvalue weighted by molar-refractivity contribution is 6.42. The molecule has 35 heavy (non-hydrogen) atoms. The number of nitrogens with zero attached hydrogens (tertiary/aromatic N) is 1. The lowest BCUT2D eigenvalue weighted by Gasteiger charge is -2.33. The fourth-order valence-electron chi connectivity index (χ4n) is 4.62. The third kappa shape index (κ3) is 4.68. The van der Waals surface area contributed by atoms with Gasteiger partial charge in [0.15, 0.2) is 5.76 Å². The summed E-state index contributed by atoms with van der Waals surface area (Å²) in [5, 5.41) is 0. The van der Waals surface area contributed by atoms with Gasteiger partial charge in [0.1, 0.15) is 11.5 Å². The predicted molar refractivity (Wildman–Crippen MR) is 135 cm³/mol. The van der Waals surface area contributed by atoms with Gasteiger partial charge < -0.3 is 14.1 Å². The summed E-state index contributed by atoms with van der Waals surface area (Å²) in [5.41, 5.74) is 3.26. The number of hydrogen-bond acceptors (Lipinski definition) is 4. The van der Waals surface area contributed by atoms with E-state index in [2.05, 4.69) is 12.1 Å². The minimum absolute atomic E-state index is 0.0262. The molecule has 1 amide bonds. The van der Waals surface area contributed by atoms with Crippen LogP contribution < -0.4 is 0 Å². The van der Waals surface area contributed by atoms with E-state index in [0.717, 1.165) is 22.3 Å². The lowest BCUT2D eigenvalue weighted by Crippen LogP contribution is -2.51. The Hall–Kier alpha value is -3.96. The summed E-state index contributed by atoms with van der Waals surface area (Å²) in [6.45, 7) is 3.99. The van der Waals surface area contributed by atoms with Crippen molar-refractivity contribution < 1.29 is 18.7 Å². The van der Waals surface area contributed by atoms with Crippen LogP contribution >= 0.6 is 0 Å². The molecular formula is C30H27NO4. The summed E-state index contributed by atoms with van der Waals surface area (Å²) >= 11 is 0. The highest BCUT2D eigenvalue weighted by Gasteiger charge is 2.46. The molecule has 176 valence electrons. The number of Topliss-reactive ketones (excluding diaryl/α,β-unsaturated/α-hetero) is 1. The Morgan fingerprint density at radius 3 is 2.09 bits per heavy atom. The number of amides is 1. The van der Waals surface area contributed by atoms with Crippen LogP contribution in [0.25, 0.3) is 22.5 Å². The van der Waals surface area contributed by atoms with Gasteiger partial charge in [-0.15, -0.1) is 0 Å². The summed E-state index contributed by atoms with van der Waals surface area (Å²) in [7, 11) is 0. The lowest BCUT2D eigenvalue weighted by atomic mass is 10.0. The number of ether oxygens (including phenoxy) is 1. The van der Waals surface area contributed by atoms with E-state index in [0.29, 0.717) is 18.8 Å². The molecule has 0 N–H and O–H groups in total. The molecule has 1 saturated heterocycles. The van der Waals surface area contributed by atoms with Crippen molar-refractivity contribution >= 4 is 11.7 Å². The topological polar surface area (TPSA) is 59.8 Å². The van der Waals surface area contributed by atoms with E-state index < -0.39 is 17.4 Å². The molecule has 1 atom stereocenters. The Bertz CT molecular complexity index is 1320.